The van der Waals surface area contributed by atoms with Crippen LogP contribution in [0.25, 0.3) is 76.8 Å². The molecule has 63 heavy (non-hydrogen) atoms. The van der Waals surface area contributed by atoms with E-state index in [1.807, 2.05) is 12.1 Å². The summed E-state index contributed by atoms with van der Waals surface area (Å²) >= 11 is 0. The van der Waals surface area contributed by atoms with Crippen molar-refractivity contribution >= 4 is 49.4 Å². The molecule has 292 valence electrons. The van der Waals surface area contributed by atoms with Gasteiger partial charge in [-0.05, 0) is 154 Å². The highest BCUT2D eigenvalue weighted by Crippen LogP contribution is 2.63. The van der Waals surface area contributed by atoms with E-state index < -0.39 is 5.41 Å². The first-order valence-electron chi connectivity index (χ1n) is 21.8. The van der Waals surface area contributed by atoms with Crippen LogP contribution in [0.1, 0.15) is 22.3 Å². The molecule has 0 amide bonds. The van der Waals surface area contributed by atoms with Crippen LogP contribution in [0, 0.1) is 0 Å². The molecule has 0 N–H and O–H groups in total. The summed E-state index contributed by atoms with van der Waals surface area (Å²) in [7, 11) is 0. The van der Waals surface area contributed by atoms with E-state index in [0.717, 1.165) is 39.7 Å². The van der Waals surface area contributed by atoms with Gasteiger partial charge in [0.2, 0.25) is 0 Å². The number of ether oxygens (including phenoxy) is 1. The Morgan fingerprint density at radius 2 is 0.698 bits per heavy atom. The third-order valence-corrected chi connectivity index (χ3v) is 14.0. The van der Waals surface area contributed by atoms with Gasteiger partial charge in [-0.15, -0.1) is 0 Å². The van der Waals surface area contributed by atoms with Gasteiger partial charge in [0.05, 0.1) is 16.8 Å². The summed E-state index contributed by atoms with van der Waals surface area (Å²) in [6, 6.07) is 83.0. The van der Waals surface area contributed by atoms with Crippen molar-refractivity contribution in [2.45, 2.75) is 5.41 Å². The average molecular weight is 800 g/mol. The third kappa shape index (κ3) is 4.72. The standard InChI is InChI=1S/C61H37NO/c1-2-17-45-43(15-1)44-16-3-4-18-46(44)52-36-38(29-31-47(45)52)40-33-41(35-42(34-40)62-57-25-11-13-27-59(57)63-60-28-14-12-26-58(60)62)39-30-32-51-50-21-7-10-24-55(50)61(56(51)37-39)53-22-8-5-19-48(53)49-20-6-9-23-54(49)61/h1-37H. The summed E-state index contributed by atoms with van der Waals surface area (Å²) in [6.07, 6.45) is 0. The van der Waals surface area contributed by atoms with E-state index in [1.54, 1.807) is 0 Å². The lowest BCUT2D eigenvalue weighted by Gasteiger charge is -2.33. The zero-order valence-corrected chi connectivity index (χ0v) is 34.2. The first-order valence-corrected chi connectivity index (χ1v) is 21.8. The molecule has 1 spiro atoms. The summed E-state index contributed by atoms with van der Waals surface area (Å²) < 4.78 is 6.53. The van der Waals surface area contributed by atoms with Gasteiger partial charge in [-0.3, -0.25) is 0 Å². The van der Waals surface area contributed by atoms with E-state index in [1.165, 1.54) is 88.0 Å². The van der Waals surface area contributed by atoms with Crippen molar-refractivity contribution in [3.8, 4) is 56.0 Å². The first kappa shape index (κ1) is 34.5. The molecule has 2 nitrogen and oxygen atoms in total. The number of hydrogen-bond acceptors (Lipinski definition) is 2. The van der Waals surface area contributed by atoms with Crippen LogP contribution in [0.3, 0.4) is 0 Å². The average Bonchev–Trinajstić information content (AvgIpc) is 3.82. The second-order valence-electron chi connectivity index (χ2n) is 17.1. The molecule has 2 heteroatoms. The number of hydrogen-bond donors (Lipinski definition) is 0. The molecule has 11 aromatic rings. The zero-order chi connectivity index (χ0) is 41.2. The minimum atomic E-state index is -0.431. The van der Waals surface area contributed by atoms with Gasteiger partial charge >= 0.3 is 0 Å². The molecule has 14 rings (SSSR count). The van der Waals surface area contributed by atoms with Crippen LogP contribution in [0.15, 0.2) is 224 Å². The van der Waals surface area contributed by atoms with Crippen LogP contribution in [-0.2, 0) is 5.41 Å². The molecular weight excluding hydrogens is 763 g/mol. The van der Waals surface area contributed by atoms with E-state index in [4.69, 9.17) is 4.74 Å². The van der Waals surface area contributed by atoms with Crippen LogP contribution in [0.4, 0.5) is 17.1 Å². The van der Waals surface area contributed by atoms with Crippen LogP contribution < -0.4 is 9.64 Å². The maximum absolute atomic E-state index is 6.53. The van der Waals surface area contributed by atoms with Gasteiger partial charge in [0, 0.05) is 5.69 Å². The van der Waals surface area contributed by atoms with Crippen molar-refractivity contribution in [1.29, 1.82) is 0 Å². The maximum atomic E-state index is 6.53. The topological polar surface area (TPSA) is 12.5 Å². The van der Waals surface area contributed by atoms with E-state index >= 15 is 0 Å². The van der Waals surface area contributed by atoms with E-state index in [-0.39, 0.29) is 0 Å². The Balaban J connectivity index is 1.04. The summed E-state index contributed by atoms with van der Waals surface area (Å²) in [5.41, 5.74) is 17.9. The fourth-order valence-electron chi connectivity index (χ4n) is 11.4. The smallest absolute Gasteiger partial charge is 0.151 e. The summed E-state index contributed by atoms with van der Waals surface area (Å²) in [4.78, 5) is 2.37. The summed E-state index contributed by atoms with van der Waals surface area (Å²) in [6.45, 7) is 0. The number of rotatable bonds is 3. The molecule has 0 radical (unpaired) electrons. The molecule has 0 atom stereocenters. The van der Waals surface area contributed by atoms with Gasteiger partial charge in [-0.25, -0.2) is 0 Å². The lowest BCUT2D eigenvalue weighted by Crippen LogP contribution is -2.25. The predicted octanol–water partition coefficient (Wildman–Crippen LogP) is 16.4. The minimum absolute atomic E-state index is 0.431. The maximum Gasteiger partial charge on any atom is 0.151 e. The van der Waals surface area contributed by atoms with E-state index in [0.29, 0.717) is 0 Å². The Morgan fingerprint density at radius 1 is 0.286 bits per heavy atom. The third-order valence-electron chi connectivity index (χ3n) is 14.0. The van der Waals surface area contributed by atoms with Crippen molar-refractivity contribution in [2.75, 3.05) is 4.90 Å². The van der Waals surface area contributed by atoms with Crippen molar-refractivity contribution in [2.24, 2.45) is 0 Å². The van der Waals surface area contributed by atoms with Gasteiger partial charge in [-0.2, -0.15) is 0 Å². The van der Waals surface area contributed by atoms with Gasteiger partial charge in [0.25, 0.3) is 0 Å². The number of benzene rings is 11. The Hall–Kier alpha value is -8.20. The molecule has 0 aromatic heterocycles. The molecular formula is C61H37NO. The van der Waals surface area contributed by atoms with Gasteiger partial charge < -0.3 is 9.64 Å². The Bertz CT molecular complexity index is 3600. The Morgan fingerprint density at radius 3 is 1.25 bits per heavy atom. The number of nitrogens with zero attached hydrogens (tertiary/aromatic N) is 1. The number of para-hydroxylation sites is 4. The van der Waals surface area contributed by atoms with Crippen molar-refractivity contribution in [1.82, 2.24) is 0 Å². The number of fused-ring (bicyclic) bond motifs is 18. The highest BCUT2D eigenvalue weighted by atomic mass is 16.5. The van der Waals surface area contributed by atoms with E-state index in [2.05, 4.69) is 217 Å². The van der Waals surface area contributed by atoms with Crippen molar-refractivity contribution < 1.29 is 4.74 Å². The fourth-order valence-corrected chi connectivity index (χ4v) is 11.4. The van der Waals surface area contributed by atoms with Crippen LogP contribution >= 0.6 is 0 Å². The Kier molecular flexibility index (Phi) is 7.07. The highest BCUT2D eigenvalue weighted by Gasteiger charge is 2.51. The Labute approximate surface area is 365 Å². The molecule has 1 heterocycles. The van der Waals surface area contributed by atoms with Gasteiger partial charge in [-0.1, -0.05) is 170 Å². The number of anilines is 3. The molecule has 0 fully saturated rings. The van der Waals surface area contributed by atoms with Crippen molar-refractivity contribution in [3.05, 3.63) is 247 Å². The fraction of sp³-hybridized carbons (Fsp3) is 0.0164. The lowest BCUT2D eigenvalue weighted by atomic mass is 9.70. The second kappa shape index (κ2) is 12.9. The predicted molar refractivity (Wildman–Crippen MR) is 261 cm³/mol. The molecule has 0 saturated heterocycles. The SMILES string of the molecule is c1ccc2c(c1)Oc1ccccc1N2c1cc(-c2ccc3c(c2)C2(c4ccccc4-c4ccccc42)c2ccccc2-3)cc(-c2ccc3c4ccccc4c4ccccc4c3c2)c1. The van der Waals surface area contributed by atoms with Crippen LogP contribution in [0.5, 0.6) is 11.5 Å². The minimum Gasteiger partial charge on any atom is -0.453 e. The van der Waals surface area contributed by atoms with E-state index in [9.17, 15) is 0 Å². The molecule has 11 aromatic carbocycles. The van der Waals surface area contributed by atoms with Crippen LogP contribution in [0.2, 0.25) is 0 Å². The van der Waals surface area contributed by atoms with Gasteiger partial charge in [0.15, 0.2) is 11.5 Å². The largest absolute Gasteiger partial charge is 0.453 e. The quantitative estimate of drug-likeness (QED) is 0.165. The molecule has 3 aliphatic rings. The summed E-state index contributed by atoms with van der Waals surface area (Å²) in [5.74, 6) is 1.67. The normalized spacial score (nSPS) is 13.6. The molecule has 0 unspecified atom stereocenters. The summed E-state index contributed by atoms with van der Waals surface area (Å²) in [5, 5.41) is 7.62. The molecule has 2 aliphatic carbocycles. The molecule has 0 saturated carbocycles. The first-order chi connectivity index (χ1) is 31.2. The van der Waals surface area contributed by atoms with Crippen molar-refractivity contribution in [3.63, 3.8) is 0 Å². The molecule has 0 bridgehead atoms. The highest BCUT2D eigenvalue weighted by molar-refractivity contribution is 6.25. The van der Waals surface area contributed by atoms with Gasteiger partial charge in [0.1, 0.15) is 0 Å². The zero-order valence-electron chi connectivity index (χ0n) is 34.2. The second-order valence-corrected chi connectivity index (χ2v) is 17.1. The monoisotopic (exact) mass is 799 g/mol. The van der Waals surface area contributed by atoms with Crippen LogP contribution in [-0.4, -0.2) is 0 Å². The molecule has 1 aliphatic heterocycles. The lowest BCUT2D eigenvalue weighted by molar-refractivity contribution is 0.477.